The average Bonchev–Trinajstić information content (AvgIpc) is 2.35. The summed E-state index contributed by atoms with van der Waals surface area (Å²) >= 11 is 0. The molecule has 18 heavy (non-hydrogen) atoms. The van der Waals surface area contributed by atoms with Crippen molar-refractivity contribution in [2.45, 2.75) is 33.1 Å². The average molecular weight is 248 g/mol. The van der Waals surface area contributed by atoms with Crippen LogP contribution in [0.5, 0.6) is 0 Å². The van der Waals surface area contributed by atoms with Gasteiger partial charge in [0.2, 0.25) is 5.91 Å². The van der Waals surface area contributed by atoms with Gasteiger partial charge < -0.3 is 11.1 Å². The van der Waals surface area contributed by atoms with E-state index in [4.69, 9.17) is 5.73 Å². The van der Waals surface area contributed by atoms with Gasteiger partial charge in [-0.25, -0.2) is 0 Å². The van der Waals surface area contributed by atoms with Gasteiger partial charge in [-0.05, 0) is 30.4 Å². The first-order chi connectivity index (χ1) is 8.54. The quantitative estimate of drug-likeness (QED) is 0.809. The smallest absolute Gasteiger partial charge is 0.227 e. The molecule has 1 amide bonds. The van der Waals surface area contributed by atoms with Crippen molar-refractivity contribution >= 4 is 5.91 Å². The van der Waals surface area contributed by atoms with E-state index in [0.717, 1.165) is 12.0 Å². The summed E-state index contributed by atoms with van der Waals surface area (Å²) in [5.74, 6) is 0.572. The Labute approximate surface area is 110 Å². The van der Waals surface area contributed by atoms with Gasteiger partial charge in [-0.3, -0.25) is 4.79 Å². The molecule has 0 aromatic heterocycles. The number of benzene rings is 1. The van der Waals surface area contributed by atoms with E-state index in [1.165, 1.54) is 5.56 Å². The molecule has 0 spiro atoms. The lowest BCUT2D eigenvalue weighted by Gasteiger charge is -2.13. The number of hydrogen-bond donors (Lipinski definition) is 2. The molecular weight excluding hydrogens is 224 g/mol. The molecular formula is C15H24N2O. The Hall–Kier alpha value is -1.35. The summed E-state index contributed by atoms with van der Waals surface area (Å²) in [4.78, 5) is 11.8. The van der Waals surface area contributed by atoms with E-state index in [9.17, 15) is 4.79 Å². The zero-order chi connectivity index (χ0) is 13.5. The van der Waals surface area contributed by atoms with E-state index < -0.39 is 0 Å². The fourth-order valence-electron chi connectivity index (χ4n) is 1.91. The topological polar surface area (TPSA) is 55.1 Å². The van der Waals surface area contributed by atoms with Crippen molar-refractivity contribution in [2.75, 3.05) is 13.1 Å². The minimum absolute atomic E-state index is 0.0389. The SMILES string of the molecule is CC(C)Cc1ccc([C@H](C)C(=O)NCCN)cc1. The van der Waals surface area contributed by atoms with Crippen LogP contribution < -0.4 is 11.1 Å². The van der Waals surface area contributed by atoms with Crippen molar-refractivity contribution in [1.82, 2.24) is 5.32 Å². The summed E-state index contributed by atoms with van der Waals surface area (Å²) in [6.07, 6.45) is 1.08. The predicted octanol–water partition coefficient (Wildman–Crippen LogP) is 2.06. The molecule has 0 heterocycles. The minimum Gasteiger partial charge on any atom is -0.354 e. The molecule has 0 unspecified atom stereocenters. The van der Waals surface area contributed by atoms with Gasteiger partial charge in [-0.2, -0.15) is 0 Å². The van der Waals surface area contributed by atoms with Gasteiger partial charge in [0.05, 0.1) is 5.92 Å². The molecule has 3 heteroatoms. The number of carbonyl (C=O) groups excluding carboxylic acids is 1. The van der Waals surface area contributed by atoms with Crippen LogP contribution in [-0.4, -0.2) is 19.0 Å². The maximum Gasteiger partial charge on any atom is 0.227 e. The van der Waals surface area contributed by atoms with E-state index in [0.29, 0.717) is 19.0 Å². The molecule has 0 saturated heterocycles. The molecule has 1 aromatic carbocycles. The second kappa shape index (κ2) is 7.17. The van der Waals surface area contributed by atoms with Crippen LogP contribution in [0.2, 0.25) is 0 Å². The highest BCUT2D eigenvalue weighted by atomic mass is 16.1. The van der Waals surface area contributed by atoms with Crippen LogP contribution >= 0.6 is 0 Å². The summed E-state index contributed by atoms with van der Waals surface area (Å²) in [6, 6.07) is 8.32. The number of rotatable bonds is 6. The van der Waals surface area contributed by atoms with Crippen molar-refractivity contribution in [3.63, 3.8) is 0 Å². The first-order valence-electron chi connectivity index (χ1n) is 6.61. The summed E-state index contributed by atoms with van der Waals surface area (Å²) in [7, 11) is 0. The van der Waals surface area contributed by atoms with Gasteiger partial charge in [0.15, 0.2) is 0 Å². The molecule has 0 fully saturated rings. The van der Waals surface area contributed by atoms with Crippen LogP contribution in [0.3, 0.4) is 0 Å². The highest BCUT2D eigenvalue weighted by Crippen LogP contribution is 2.17. The van der Waals surface area contributed by atoms with Crippen LogP contribution in [0.1, 0.15) is 37.8 Å². The second-order valence-corrected chi connectivity index (χ2v) is 5.14. The lowest BCUT2D eigenvalue weighted by atomic mass is 9.96. The standard InChI is InChI=1S/C15H24N2O/c1-11(2)10-13-4-6-14(7-5-13)12(3)15(18)17-9-8-16/h4-7,11-12H,8-10,16H2,1-3H3,(H,17,18)/t12-/m0/s1. The molecule has 100 valence electrons. The third-order valence-electron chi connectivity index (χ3n) is 2.96. The predicted molar refractivity (Wildman–Crippen MR) is 75.5 cm³/mol. The van der Waals surface area contributed by atoms with Crippen molar-refractivity contribution in [3.8, 4) is 0 Å². The Kier molecular flexibility index (Phi) is 5.86. The summed E-state index contributed by atoms with van der Waals surface area (Å²) in [5.41, 5.74) is 7.74. The summed E-state index contributed by atoms with van der Waals surface area (Å²) < 4.78 is 0. The molecule has 1 aromatic rings. The Morgan fingerprint density at radius 1 is 1.22 bits per heavy atom. The third kappa shape index (κ3) is 4.49. The first-order valence-corrected chi connectivity index (χ1v) is 6.61. The third-order valence-corrected chi connectivity index (χ3v) is 2.96. The summed E-state index contributed by atoms with van der Waals surface area (Å²) in [5, 5.41) is 2.81. The molecule has 3 nitrogen and oxygen atoms in total. The van der Waals surface area contributed by atoms with E-state index in [1.807, 2.05) is 19.1 Å². The van der Waals surface area contributed by atoms with Gasteiger partial charge in [0, 0.05) is 13.1 Å². The van der Waals surface area contributed by atoms with Gasteiger partial charge in [0.25, 0.3) is 0 Å². The Morgan fingerprint density at radius 3 is 2.33 bits per heavy atom. The first kappa shape index (κ1) is 14.7. The van der Waals surface area contributed by atoms with E-state index in [2.05, 4.69) is 31.3 Å². The van der Waals surface area contributed by atoms with Crippen LogP contribution in [0.25, 0.3) is 0 Å². The molecule has 0 aliphatic carbocycles. The van der Waals surface area contributed by atoms with Gasteiger partial charge >= 0.3 is 0 Å². The molecule has 0 bridgehead atoms. The molecule has 1 rings (SSSR count). The Balaban J connectivity index is 2.63. The molecule has 0 saturated carbocycles. The van der Waals surface area contributed by atoms with E-state index in [-0.39, 0.29) is 11.8 Å². The molecule has 0 aliphatic rings. The Morgan fingerprint density at radius 2 is 1.83 bits per heavy atom. The van der Waals surface area contributed by atoms with Gasteiger partial charge in [0.1, 0.15) is 0 Å². The zero-order valence-corrected chi connectivity index (χ0v) is 11.6. The number of nitrogens with two attached hydrogens (primary N) is 1. The highest BCUT2D eigenvalue weighted by Gasteiger charge is 2.14. The Bertz CT molecular complexity index is 371. The fraction of sp³-hybridized carbons (Fsp3) is 0.533. The fourth-order valence-corrected chi connectivity index (χ4v) is 1.91. The van der Waals surface area contributed by atoms with Gasteiger partial charge in [-0.15, -0.1) is 0 Å². The number of hydrogen-bond acceptors (Lipinski definition) is 2. The van der Waals surface area contributed by atoms with Crippen molar-refractivity contribution < 1.29 is 4.79 Å². The second-order valence-electron chi connectivity index (χ2n) is 5.14. The van der Waals surface area contributed by atoms with Crippen molar-refractivity contribution in [3.05, 3.63) is 35.4 Å². The number of carbonyl (C=O) groups is 1. The monoisotopic (exact) mass is 248 g/mol. The number of nitrogens with one attached hydrogen (secondary N) is 1. The van der Waals surface area contributed by atoms with Crippen molar-refractivity contribution in [2.24, 2.45) is 11.7 Å². The maximum atomic E-state index is 11.8. The van der Waals surface area contributed by atoms with Gasteiger partial charge in [-0.1, -0.05) is 38.1 Å². The molecule has 1 atom stereocenters. The number of amides is 1. The molecule has 0 radical (unpaired) electrons. The lowest BCUT2D eigenvalue weighted by Crippen LogP contribution is -2.32. The summed E-state index contributed by atoms with van der Waals surface area (Å²) in [6.45, 7) is 7.34. The molecule has 0 aliphatic heterocycles. The maximum absolute atomic E-state index is 11.8. The van der Waals surface area contributed by atoms with Crippen LogP contribution in [0, 0.1) is 5.92 Å². The van der Waals surface area contributed by atoms with E-state index in [1.54, 1.807) is 0 Å². The van der Waals surface area contributed by atoms with E-state index >= 15 is 0 Å². The minimum atomic E-state index is -0.121. The lowest BCUT2D eigenvalue weighted by molar-refractivity contribution is -0.122. The zero-order valence-electron chi connectivity index (χ0n) is 11.6. The normalized spacial score (nSPS) is 12.5. The van der Waals surface area contributed by atoms with Crippen LogP contribution in [0.15, 0.2) is 24.3 Å². The van der Waals surface area contributed by atoms with Crippen LogP contribution in [0.4, 0.5) is 0 Å². The van der Waals surface area contributed by atoms with Crippen LogP contribution in [-0.2, 0) is 11.2 Å². The molecule has 3 N–H and O–H groups in total. The highest BCUT2D eigenvalue weighted by molar-refractivity contribution is 5.83. The largest absolute Gasteiger partial charge is 0.354 e. The van der Waals surface area contributed by atoms with Crippen molar-refractivity contribution in [1.29, 1.82) is 0 Å².